The van der Waals surface area contributed by atoms with E-state index in [2.05, 4.69) is 15.5 Å². The summed E-state index contributed by atoms with van der Waals surface area (Å²) < 4.78 is 33.0. The van der Waals surface area contributed by atoms with E-state index in [9.17, 15) is 28.0 Å². The van der Waals surface area contributed by atoms with Crippen LogP contribution in [0.5, 0.6) is 0 Å². The van der Waals surface area contributed by atoms with Crippen molar-refractivity contribution in [2.24, 2.45) is 5.73 Å². The number of allylic oxidation sites excluding steroid dienone is 1. The summed E-state index contributed by atoms with van der Waals surface area (Å²) in [6.07, 6.45) is 1.92. The Morgan fingerprint density at radius 1 is 1.10 bits per heavy atom. The summed E-state index contributed by atoms with van der Waals surface area (Å²) in [5, 5.41) is 5.22. The van der Waals surface area contributed by atoms with Crippen LogP contribution in [0.2, 0.25) is 0 Å². The Kier molecular flexibility index (Phi) is 9.56. The summed E-state index contributed by atoms with van der Waals surface area (Å²) in [6.45, 7) is 3.80. The Labute approximate surface area is 242 Å². The SMILES string of the molecule is CCC1=C(C(N)=O)C(c2ccc(F)c(F)c2)N(C(=O)NCCCN2CCC(C(=O)OC)(c3ccccc3)CC2)C(=O)N1. The lowest BCUT2D eigenvalue weighted by Crippen LogP contribution is -2.55. The molecule has 2 aliphatic rings. The number of hydrogen-bond donors (Lipinski definition) is 3. The van der Waals surface area contributed by atoms with Crippen molar-refractivity contribution in [1.29, 1.82) is 0 Å². The fraction of sp³-hybridized carbons (Fsp3) is 0.400. The van der Waals surface area contributed by atoms with Crippen molar-refractivity contribution in [1.82, 2.24) is 20.4 Å². The average Bonchev–Trinajstić information content (AvgIpc) is 3.00. The maximum absolute atomic E-state index is 14.1. The molecule has 0 aromatic heterocycles. The number of urea groups is 2. The summed E-state index contributed by atoms with van der Waals surface area (Å²) in [7, 11) is 1.40. The van der Waals surface area contributed by atoms with Crippen LogP contribution in [0, 0.1) is 11.6 Å². The number of piperidine rings is 1. The second-order valence-electron chi connectivity index (χ2n) is 10.4. The number of methoxy groups -OCH3 is 1. The molecule has 2 heterocycles. The normalized spacial score (nSPS) is 18.8. The zero-order chi connectivity index (χ0) is 30.4. The van der Waals surface area contributed by atoms with Crippen molar-refractivity contribution in [2.75, 3.05) is 33.3 Å². The van der Waals surface area contributed by atoms with Gasteiger partial charge in [0.1, 0.15) is 6.04 Å². The summed E-state index contributed by atoms with van der Waals surface area (Å²) in [5.74, 6) is -3.46. The van der Waals surface area contributed by atoms with Crippen molar-refractivity contribution < 1.29 is 32.7 Å². The van der Waals surface area contributed by atoms with E-state index in [0.717, 1.165) is 22.6 Å². The number of nitrogens with zero attached hydrogens (tertiary/aromatic N) is 2. The Morgan fingerprint density at radius 3 is 2.38 bits per heavy atom. The molecule has 4 rings (SSSR count). The van der Waals surface area contributed by atoms with E-state index in [1.54, 1.807) is 6.92 Å². The topological polar surface area (TPSA) is 134 Å². The van der Waals surface area contributed by atoms with Crippen LogP contribution >= 0.6 is 0 Å². The number of rotatable bonds is 9. The van der Waals surface area contributed by atoms with Gasteiger partial charge in [-0.15, -0.1) is 0 Å². The van der Waals surface area contributed by atoms with Crippen molar-refractivity contribution in [3.8, 4) is 0 Å². The van der Waals surface area contributed by atoms with E-state index >= 15 is 0 Å². The first-order valence-corrected chi connectivity index (χ1v) is 13.8. The lowest BCUT2D eigenvalue weighted by atomic mass is 9.72. The first kappa shape index (κ1) is 30.6. The van der Waals surface area contributed by atoms with Gasteiger partial charge in [-0.3, -0.25) is 9.59 Å². The summed E-state index contributed by atoms with van der Waals surface area (Å²) in [4.78, 5) is 54.4. The van der Waals surface area contributed by atoms with Gasteiger partial charge >= 0.3 is 18.0 Å². The molecule has 0 radical (unpaired) electrons. The maximum Gasteiger partial charge on any atom is 0.330 e. The molecule has 2 aromatic carbocycles. The number of hydrogen-bond acceptors (Lipinski definition) is 6. The van der Waals surface area contributed by atoms with Crippen LogP contribution in [0.1, 0.15) is 49.8 Å². The van der Waals surface area contributed by atoms with Gasteiger partial charge < -0.3 is 26.0 Å². The van der Waals surface area contributed by atoms with E-state index in [0.29, 0.717) is 38.9 Å². The van der Waals surface area contributed by atoms with Crippen LogP contribution in [-0.2, 0) is 19.7 Å². The zero-order valence-corrected chi connectivity index (χ0v) is 23.6. The molecule has 0 aliphatic carbocycles. The highest BCUT2D eigenvalue weighted by molar-refractivity contribution is 6.02. The Morgan fingerprint density at radius 2 is 1.79 bits per heavy atom. The zero-order valence-electron chi connectivity index (χ0n) is 23.6. The third-order valence-corrected chi connectivity index (χ3v) is 7.97. The number of imide groups is 1. The summed E-state index contributed by atoms with van der Waals surface area (Å²) >= 11 is 0. The van der Waals surface area contributed by atoms with Crippen LogP contribution in [0.25, 0.3) is 0 Å². The van der Waals surface area contributed by atoms with Crippen LogP contribution < -0.4 is 16.4 Å². The molecular weight excluding hydrogens is 548 g/mol. The molecule has 0 saturated carbocycles. The van der Waals surface area contributed by atoms with Gasteiger partial charge in [0, 0.05) is 12.2 Å². The highest BCUT2D eigenvalue weighted by Gasteiger charge is 2.44. The molecular formula is C30H35F2N5O5. The highest BCUT2D eigenvalue weighted by atomic mass is 19.2. The van der Waals surface area contributed by atoms with Crippen LogP contribution in [0.3, 0.4) is 0 Å². The minimum atomic E-state index is -1.34. The van der Waals surface area contributed by atoms with Crippen molar-refractivity contribution >= 4 is 23.9 Å². The fourth-order valence-electron chi connectivity index (χ4n) is 5.74. The van der Waals surface area contributed by atoms with Gasteiger partial charge in [-0.25, -0.2) is 23.3 Å². The van der Waals surface area contributed by atoms with Crippen LogP contribution in [0.15, 0.2) is 59.8 Å². The number of ether oxygens (including phenoxy) is 1. The average molecular weight is 584 g/mol. The van der Waals surface area contributed by atoms with Gasteiger partial charge in [0.25, 0.3) is 0 Å². The molecule has 0 bridgehead atoms. The number of primary amides is 1. The number of likely N-dealkylation sites (tertiary alicyclic amines) is 1. The number of carbonyl (C=O) groups excluding carboxylic acids is 4. The van der Waals surface area contributed by atoms with Gasteiger partial charge in [0.05, 0.1) is 18.1 Å². The molecule has 224 valence electrons. The third-order valence-electron chi connectivity index (χ3n) is 7.97. The molecule has 1 saturated heterocycles. The molecule has 5 amide bonds. The van der Waals surface area contributed by atoms with Gasteiger partial charge in [0.2, 0.25) is 5.91 Å². The molecule has 42 heavy (non-hydrogen) atoms. The summed E-state index contributed by atoms with van der Waals surface area (Å²) in [5.41, 5.74) is 5.98. The molecule has 2 aromatic rings. The van der Waals surface area contributed by atoms with Crippen LogP contribution in [0.4, 0.5) is 18.4 Å². The quantitative estimate of drug-likeness (QED) is 0.306. The van der Waals surface area contributed by atoms with E-state index in [-0.39, 0.29) is 35.8 Å². The Balaban J connectivity index is 1.41. The number of carbonyl (C=O) groups is 4. The summed E-state index contributed by atoms with van der Waals surface area (Å²) in [6, 6.07) is 9.52. The minimum Gasteiger partial charge on any atom is -0.468 e. The van der Waals surface area contributed by atoms with E-state index < -0.39 is 41.1 Å². The predicted molar refractivity (Wildman–Crippen MR) is 150 cm³/mol. The van der Waals surface area contributed by atoms with Crippen LogP contribution in [-0.4, -0.2) is 67.0 Å². The van der Waals surface area contributed by atoms with E-state index in [1.165, 1.54) is 13.2 Å². The number of nitrogens with one attached hydrogen (secondary N) is 2. The molecule has 12 heteroatoms. The molecule has 10 nitrogen and oxygen atoms in total. The van der Waals surface area contributed by atoms with Gasteiger partial charge in [-0.2, -0.15) is 0 Å². The van der Waals surface area contributed by atoms with E-state index in [4.69, 9.17) is 10.5 Å². The first-order valence-electron chi connectivity index (χ1n) is 13.8. The van der Waals surface area contributed by atoms with E-state index in [1.807, 2.05) is 30.3 Å². The van der Waals surface area contributed by atoms with Crippen molar-refractivity contribution in [3.05, 3.63) is 82.6 Å². The predicted octanol–water partition coefficient (Wildman–Crippen LogP) is 3.49. The standard InChI is InChI=1S/C30H35F2N5O5/c1-3-23-24(26(33)38)25(19-10-11-21(31)22(32)18-19)37(29(41)35-23)28(40)34-14-7-15-36-16-12-30(13-17-36,27(39)42-2)20-8-5-4-6-9-20/h4-6,8-11,18,25H,3,7,12-17H2,1-2H3,(H2,33,38)(H,34,40)(H,35,41). The van der Waals surface area contributed by atoms with Crippen molar-refractivity contribution in [3.63, 3.8) is 0 Å². The Hall–Kier alpha value is -4.32. The number of halogens is 2. The van der Waals surface area contributed by atoms with Gasteiger partial charge in [-0.1, -0.05) is 43.3 Å². The molecule has 2 aliphatic heterocycles. The second kappa shape index (κ2) is 13.1. The lowest BCUT2D eigenvalue weighted by Gasteiger charge is -2.40. The first-order chi connectivity index (χ1) is 20.1. The number of nitrogens with two attached hydrogens (primary N) is 1. The van der Waals surface area contributed by atoms with Gasteiger partial charge in [0.15, 0.2) is 11.6 Å². The molecule has 1 atom stereocenters. The second-order valence-corrected chi connectivity index (χ2v) is 10.4. The maximum atomic E-state index is 14.1. The molecule has 0 spiro atoms. The monoisotopic (exact) mass is 583 g/mol. The number of amides is 5. The fourth-order valence-corrected chi connectivity index (χ4v) is 5.74. The van der Waals surface area contributed by atoms with Crippen molar-refractivity contribution in [2.45, 2.75) is 44.1 Å². The van der Waals surface area contributed by atoms with Gasteiger partial charge in [-0.05, 0) is 68.6 Å². The minimum absolute atomic E-state index is 0.0273. The molecule has 1 unspecified atom stereocenters. The Bertz CT molecular complexity index is 1380. The number of esters is 1. The smallest absolute Gasteiger partial charge is 0.330 e. The third kappa shape index (κ3) is 6.13. The molecule has 1 fully saturated rings. The molecule has 4 N–H and O–H groups in total. The largest absolute Gasteiger partial charge is 0.468 e. The highest BCUT2D eigenvalue weighted by Crippen LogP contribution is 2.37. The lowest BCUT2D eigenvalue weighted by molar-refractivity contribution is -0.149. The number of benzene rings is 2.